The van der Waals surface area contributed by atoms with Gasteiger partial charge in [-0.2, -0.15) is 0 Å². The Hall–Kier alpha value is -2.81. The number of methoxy groups -OCH3 is 1. The lowest BCUT2D eigenvalue weighted by Gasteiger charge is -2.36. The number of nitrogens with zero attached hydrogens (tertiary/aromatic N) is 3. The third-order valence-corrected chi connectivity index (χ3v) is 5.65. The molecule has 1 aromatic rings. The van der Waals surface area contributed by atoms with E-state index in [0.717, 1.165) is 5.56 Å². The number of hydrogen-bond donors (Lipinski definition) is 1. The molecule has 2 fully saturated rings. The first kappa shape index (κ1) is 22.9. The highest BCUT2D eigenvalue weighted by atomic mass is 16.6. The Morgan fingerprint density at radius 2 is 1.71 bits per heavy atom. The summed E-state index contributed by atoms with van der Waals surface area (Å²) in [7, 11) is 1.58. The van der Waals surface area contributed by atoms with Crippen LogP contribution in [-0.2, 0) is 15.1 Å². The zero-order valence-electron chi connectivity index (χ0n) is 18.9. The van der Waals surface area contributed by atoms with E-state index in [1.807, 2.05) is 44.7 Å². The number of urea groups is 1. The molecule has 3 rings (SSSR count). The van der Waals surface area contributed by atoms with E-state index in [2.05, 4.69) is 5.32 Å². The van der Waals surface area contributed by atoms with Crippen LogP contribution in [0.2, 0.25) is 0 Å². The molecule has 1 N–H and O–H groups in total. The van der Waals surface area contributed by atoms with Crippen LogP contribution in [0.25, 0.3) is 0 Å². The lowest BCUT2D eigenvalue weighted by atomic mass is 9.87. The van der Waals surface area contributed by atoms with Crippen LogP contribution in [0, 0.1) is 0 Å². The maximum atomic E-state index is 13.3. The van der Waals surface area contributed by atoms with E-state index in [1.54, 1.807) is 24.1 Å². The number of benzene rings is 1. The van der Waals surface area contributed by atoms with Crippen molar-refractivity contribution in [3.63, 3.8) is 0 Å². The van der Waals surface area contributed by atoms with Crippen LogP contribution in [0.15, 0.2) is 24.3 Å². The van der Waals surface area contributed by atoms with Crippen molar-refractivity contribution < 1.29 is 23.9 Å². The summed E-state index contributed by atoms with van der Waals surface area (Å²) in [6.07, 6.45) is 0.0963. The predicted octanol–water partition coefficient (Wildman–Crippen LogP) is 2.36. The molecule has 9 heteroatoms. The van der Waals surface area contributed by atoms with Gasteiger partial charge in [-0.05, 0) is 44.9 Å². The van der Waals surface area contributed by atoms with Gasteiger partial charge in [0.1, 0.15) is 16.9 Å². The maximum absolute atomic E-state index is 13.3. The molecule has 2 aliphatic heterocycles. The molecule has 0 bridgehead atoms. The number of nitrogens with one attached hydrogen (secondary N) is 1. The first-order valence-corrected chi connectivity index (χ1v) is 10.6. The summed E-state index contributed by atoms with van der Waals surface area (Å²) in [6.45, 7) is 9.64. The Kier molecular flexibility index (Phi) is 6.45. The SMILES string of the molecule is CCC1(c2ccc(OC)cc2)NC(=O)N(CN2CCN(C(=O)OC(C)(C)C)CC2)C1=O. The Morgan fingerprint density at radius 1 is 1.10 bits per heavy atom. The molecule has 0 aliphatic carbocycles. The number of carbonyl (C=O) groups is 3. The Balaban J connectivity index is 1.64. The van der Waals surface area contributed by atoms with Gasteiger partial charge in [0.15, 0.2) is 0 Å². The first-order valence-electron chi connectivity index (χ1n) is 10.6. The molecule has 2 aliphatic rings. The van der Waals surface area contributed by atoms with Crippen molar-refractivity contribution in [2.45, 2.75) is 45.3 Å². The van der Waals surface area contributed by atoms with Gasteiger partial charge in [0.05, 0.1) is 13.8 Å². The molecule has 0 saturated carbocycles. The van der Waals surface area contributed by atoms with E-state index in [-0.39, 0.29) is 18.7 Å². The second kappa shape index (κ2) is 8.74. The first-order chi connectivity index (χ1) is 14.6. The van der Waals surface area contributed by atoms with Crippen molar-refractivity contribution in [2.75, 3.05) is 40.0 Å². The van der Waals surface area contributed by atoms with Gasteiger partial charge >= 0.3 is 12.1 Å². The van der Waals surface area contributed by atoms with Gasteiger partial charge in [0.25, 0.3) is 5.91 Å². The molecule has 0 spiro atoms. The number of hydrogen-bond acceptors (Lipinski definition) is 6. The summed E-state index contributed by atoms with van der Waals surface area (Å²) in [5.74, 6) is 0.422. The third kappa shape index (κ3) is 4.76. The topological polar surface area (TPSA) is 91.4 Å². The zero-order chi connectivity index (χ0) is 22.8. The second-order valence-corrected chi connectivity index (χ2v) is 8.88. The van der Waals surface area contributed by atoms with Crippen molar-refractivity contribution in [3.05, 3.63) is 29.8 Å². The van der Waals surface area contributed by atoms with Gasteiger partial charge in [-0.3, -0.25) is 9.69 Å². The van der Waals surface area contributed by atoms with Crippen LogP contribution in [0.3, 0.4) is 0 Å². The molecule has 1 aromatic carbocycles. The van der Waals surface area contributed by atoms with Crippen molar-refractivity contribution in [1.29, 1.82) is 0 Å². The highest BCUT2D eigenvalue weighted by molar-refractivity contribution is 6.07. The van der Waals surface area contributed by atoms with Crippen LogP contribution < -0.4 is 10.1 Å². The fourth-order valence-electron chi connectivity index (χ4n) is 3.87. The Morgan fingerprint density at radius 3 is 2.23 bits per heavy atom. The highest BCUT2D eigenvalue weighted by Gasteiger charge is 2.51. The molecular formula is C22H32N4O5. The van der Waals surface area contributed by atoms with Gasteiger partial charge in [-0.15, -0.1) is 0 Å². The van der Waals surface area contributed by atoms with Crippen LogP contribution in [-0.4, -0.2) is 78.3 Å². The molecule has 31 heavy (non-hydrogen) atoms. The summed E-state index contributed by atoms with van der Waals surface area (Å²) in [6, 6.07) is 6.78. The largest absolute Gasteiger partial charge is 0.497 e. The molecule has 1 unspecified atom stereocenters. The summed E-state index contributed by atoms with van der Waals surface area (Å²) in [5, 5.41) is 2.90. The molecule has 0 aromatic heterocycles. The summed E-state index contributed by atoms with van der Waals surface area (Å²) < 4.78 is 10.6. The van der Waals surface area contributed by atoms with Gasteiger partial charge in [0, 0.05) is 26.2 Å². The fourth-order valence-corrected chi connectivity index (χ4v) is 3.87. The van der Waals surface area contributed by atoms with Gasteiger partial charge in [0.2, 0.25) is 0 Å². The van der Waals surface area contributed by atoms with Crippen molar-refractivity contribution in [1.82, 2.24) is 20.0 Å². The number of imide groups is 1. The fraction of sp³-hybridized carbons (Fsp3) is 0.591. The second-order valence-electron chi connectivity index (χ2n) is 8.88. The van der Waals surface area contributed by atoms with Gasteiger partial charge in [-0.1, -0.05) is 19.1 Å². The number of rotatable bonds is 5. The van der Waals surface area contributed by atoms with Crippen molar-refractivity contribution >= 4 is 18.0 Å². The standard InChI is InChI=1S/C22H32N4O5/c1-6-22(16-7-9-17(30-5)10-8-16)18(27)26(19(28)23-22)15-24-11-13-25(14-12-24)20(29)31-21(2,3)4/h7-10H,6,11-15H2,1-5H3,(H,23,28). The molecule has 2 saturated heterocycles. The molecule has 4 amide bonds. The zero-order valence-corrected chi connectivity index (χ0v) is 18.9. The summed E-state index contributed by atoms with van der Waals surface area (Å²) in [4.78, 5) is 43.2. The van der Waals surface area contributed by atoms with E-state index in [1.165, 1.54) is 4.90 Å². The summed E-state index contributed by atoms with van der Waals surface area (Å²) >= 11 is 0. The Bertz CT molecular complexity index is 827. The average Bonchev–Trinajstić information content (AvgIpc) is 2.98. The minimum absolute atomic E-state index is 0.185. The minimum Gasteiger partial charge on any atom is -0.497 e. The predicted molar refractivity (Wildman–Crippen MR) is 115 cm³/mol. The van der Waals surface area contributed by atoms with Crippen LogP contribution in [0.4, 0.5) is 9.59 Å². The van der Waals surface area contributed by atoms with Crippen LogP contribution in [0.1, 0.15) is 39.7 Å². The highest BCUT2D eigenvalue weighted by Crippen LogP contribution is 2.33. The van der Waals surface area contributed by atoms with E-state index in [9.17, 15) is 14.4 Å². The molecule has 1 atom stereocenters. The van der Waals surface area contributed by atoms with Crippen LogP contribution >= 0.6 is 0 Å². The number of amides is 4. The normalized spacial score (nSPS) is 22.5. The van der Waals surface area contributed by atoms with Gasteiger partial charge < -0.3 is 19.7 Å². The van der Waals surface area contributed by atoms with Crippen LogP contribution in [0.5, 0.6) is 5.75 Å². The lowest BCUT2D eigenvalue weighted by Crippen LogP contribution is -2.53. The number of ether oxygens (including phenoxy) is 2. The molecule has 9 nitrogen and oxygen atoms in total. The summed E-state index contributed by atoms with van der Waals surface area (Å²) in [5.41, 5.74) is -0.896. The molecule has 2 heterocycles. The van der Waals surface area contributed by atoms with E-state index < -0.39 is 17.2 Å². The van der Waals surface area contributed by atoms with E-state index in [0.29, 0.717) is 38.3 Å². The number of piperazine rings is 1. The Labute approximate surface area is 183 Å². The smallest absolute Gasteiger partial charge is 0.410 e. The maximum Gasteiger partial charge on any atom is 0.410 e. The minimum atomic E-state index is -1.08. The molecular weight excluding hydrogens is 400 g/mol. The van der Waals surface area contributed by atoms with E-state index in [4.69, 9.17) is 9.47 Å². The molecule has 170 valence electrons. The van der Waals surface area contributed by atoms with E-state index >= 15 is 0 Å². The van der Waals surface area contributed by atoms with Gasteiger partial charge in [-0.25, -0.2) is 14.5 Å². The lowest BCUT2D eigenvalue weighted by molar-refractivity contribution is -0.133. The quantitative estimate of drug-likeness (QED) is 0.719. The van der Waals surface area contributed by atoms with Crippen molar-refractivity contribution in [3.8, 4) is 5.75 Å². The third-order valence-electron chi connectivity index (χ3n) is 5.65. The number of carbonyl (C=O) groups excluding carboxylic acids is 3. The monoisotopic (exact) mass is 432 g/mol. The average molecular weight is 433 g/mol. The molecule has 0 radical (unpaired) electrons. The van der Waals surface area contributed by atoms with Crippen molar-refractivity contribution in [2.24, 2.45) is 0 Å².